The SMILES string of the molecule is COC(=O)c1c(-c2cc(OC)c(OC)c(OC)c2)c2cc(OC)c(OC)cc2c(=O)n1-c1cccc(N)c1.Cl. The molecule has 0 saturated carbocycles. The number of pyridine rings is 1. The van der Waals surface area contributed by atoms with Crippen molar-refractivity contribution >= 4 is 34.8 Å². The number of nitrogen functional groups attached to an aromatic ring is 1. The number of rotatable bonds is 8. The minimum absolute atomic E-state index is 0. The molecule has 1 heterocycles. The lowest BCUT2D eigenvalue weighted by Gasteiger charge is -2.21. The molecule has 0 aliphatic carbocycles. The zero-order valence-electron chi connectivity index (χ0n) is 22.3. The molecule has 206 valence electrons. The lowest BCUT2D eigenvalue weighted by Crippen LogP contribution is -2.27. The van der Waals surface area contributed by atoms with Crippen molar-refractivity contribution in [3.63, 3.8) is 0 Å². The van der Waals surface area contributed by atoms with E-state index in [4.69, 9.17) is 34.2 Å². The summed E-state index contributed by atoms with van der Waals surface area (Å²) >= 11 is 0. The summed E-state index contributed by atoms with van der Waals surface area (Å²) in [7, 11) is 8.67. The maximum atomic E-state index is 14.0. The van der Waals surface area contributed by atoms with Crippen molar-refractivity contribution < 1.29 is 33.2 Å². The molecule has 0 fully saturated rings. The van der Waals surface area contributed by atoms with E-state index in [1.165, 1.54) is 47.2 Å². The van der Waals surface area contributed by atoms with Gasteiger partial charge in [-0.2, -0.15) is 0 Å². The highest BCUT2D eigenvalue weighted by Gasteiger charge is 2.28. The summed E-state index contributed by atoms with van der Waals surface area (Å²) < 4.78 is 34.1. The molecule has 10 nitrogen and oxygen atoms in total. The number of fused-ring (bicyclic) bond motifs is 1. The summed E-state index contributed by atoms with van der Waals surface area (Å²) in [5.41, 5.74) is 7.18. The Balaban J connectivity index is 0.00000420. The first-order chi connectivity index (χ1) is 18.3. The highest BCUT2D eigenvalue weighted by atomic mass is 35.5. The highest BCUT2D eigenvalue weighted by Crippen LogP contribution is 2.45. The number of nitrogens with two attached hydrogens (primary N) is 1. The number of ether oxygens (including phenoxy) is 6. The largest absolute Gasteiger partial charge is 0.493 e. The fourth-order valence-corrected chi connectivity index (χ4v) is 4.44. The van der Waals surface area contributed by atoms with Crippen molar-refractivity contribution in [1.82, 2.24) is 4.57 Å². The number of benzene rings is 3. The van der Waals surface area contributed by atoms with Crippen molar-refractivity contribution in [3.05, 3.63) is 64.6 Å². The molecule has 2 N–H and O–H groups in total. The molecule has 1 aromatic heterocycles. The van der Waals surface area contributed by atoms with Crippen molar-refractivity contribution in [3.8, 4) is 45.6 Å². The molecule has 0 spiro atoms. The van der Waals surface area contributed by atoms with E-state index in [1.54, 1.807) is 48.5 Å². The van der Waals surface area contributed by atoms with Crippen LogP contribution in [0.25, 0.3) is 27.6 Å². The number of aromatic nitrogens is 1. The maximum Gasteiger partial charge on any atom is 0.355 e. The van der Waals surface area contributed by atoms with E-state index < -0.39 is 11.5 Å². The third-order valence-electron chi connectivity index (χ3n) is 6.15. The Kier molecular flexibility index (Phi) is 8.82. The minimum Gasteiger partial charge on any atom is -0.493 e. The number of carbonyl (C=O) groups is 1. The maximum absolute atomic E-state index is 14.0. The predicted molar refractivity (Wildman–Crippen MR) is 151 cm³/mol. The second-order valence-electron chi connectivity index (χ2n) is 8.12. The van der Waals surface area contributed by atoms with Crippen LogP contribution in [0.4, 0.5) is 5.69 Å². The first-order valence-corrected chi connectivity index (χ1v) is 11.4. The molecule has 0 saturated heterocycles. The topological polar surface area (TPSA) is 120 Å². The van der Waals surface area contributed by atoms with Crippen LogP contribution in [0.5, 0.6) is 28.7 Å². The molecule has 0 atom stereocenters. The van der Waals surface area contributed by atoms with E-state index in [-0.39, 0.29) is 23.5 Å². The molecule has 11 heteroatoms. The van der Waals surface area contributed by atoms with E-state index >= 15 is 0 Å². The van der Waals surface area contributed by atoms with Gasteiger partial charge in [0.05, 0.1) is 53.7 Å². The number of methoxy groups -OCH3 is 6. The molecule has 0 bridgehead atoms. The number of halogens is 1. The quantitative estimate of drug-likeness (QED) is 0.247. The van der Waals surface area contributed by atoms with Gasteiger partial charge in [-0.05, 0) is 48.0 Å². The number of esters is 1. The van der Waals surface area contributed by atoms with Crippen LogP contribution in [-0.2, 0) is 4.74 Å². The summed E-state index contributed by atoms with van der Waals surface area (Å²) in [6.07, 6.45) is 0. The summed E-state index contributed by atoms with van der Waals surface area (Å²) in [5.74, 6) is 1.04. The number of nitrogens with zero attached hydrogens (tertiary/aromatic N) is 1. The van der Waals surface area contributed by atoms with Crippen LogP contribution in [0.1, 0.15) is 10.5 Å². The van der Waals surface area contributed by atoms with E-state index in [0.29, 0.717) is 56.6 Å². The average Bonchev–Trinajstić information content (AvgIpc) is 2.94. The van der Waals surface area contributed by atoms with Gasteiger partial charge in [0.15, 0.2) is 23.0 Å². The van der Waals surface area contributed by atoms with Crippen molar-refractivity contribution in [1.29, 1.82) is 0 Å². The van der Waals surface area contributed by atoms with E-state index in [0.717, 1.165) is 0 Å². The zero-order valence-corrected chi connectivity index (χ0v) is 23.1. The van der Waals surface area contributed by atoms with Gasteiger partial charge in [-0.1, -0.05) is 6.07 Å². The first-order valence-electron chi connectivity index (χ1n) is 11.4. The second kappa shape index (κ2) is 11.9. The number of hydrogen-bond acceptors (Lipinski definition) is 9. The highest BCUT2D eigenvalue weighted by molar-refractivity contribution is 6.08. The summed E-state index contributed by atoms with van der Waals surface area (Å²) in [6, 6.07) is 13.2. The third-order valence-corrected chi connectivity index (χ3v) is 6.15. The monoisotopic (exact) mass is 556 g/mol. The van der Waals surface area contributed by atoms with Crippen LogP contribution in [0.2, 0.25) is 0 Å². The van der Waals surface area contributed by atoms with Crippen molar-refractivity contribution in [2.24, 2.45) is 0 Å². The minimum atomic E-state index is -0.745. The Morgan fingerprint density at radius 2 is 1.31 bits per heavy atom. The first kappa shape index (κ1) is 29.0. The molecule has 0 unspecified atom stereocenters. The lowest BCUT2D eigenvalue weighted by atomic mass is 9.95. The van der Waals surface area contributed by atoms with Crippen LogP contribution in [0, 0.1) is 0 Å². The Bertz CT molecular complexity index is 1570. The number of carbonyl (C=O) groups excluding carboxylic acids is 1. The zero-order chi connectivity index (χ0) is 27.6. The molecular formula is C28H29ClN2O8. The van der Waals surface area contributed by atoms with Gasteiger partial charge < -0.3 is 34.2 Å². The van der Waals surface area contributed by atoms with E-state index in [9.17, 15) is 9.59 Å². The molecule has 0 aliphatic rings. The van der Waals surface area contributed by atoms with Crippen LogP contribution < -0.4 is 35.0 Å². The van der Waals surface area contributed by atoms with Crippen molar-refractivity contribution in [2.45, 2.75) is 0 Å². The molecule has 0 aliphatic heterocycles. The van der Waals surface area contributed by atoms with Gasteiger partial charge in [0.2, 0.25) is 5.75 Å². The Morgan fingerprint density at radius 3 is 1.79 bits per heavy atom. The van der Waals surface area contributed by atoms with Crippen LogP contribution in [0.3, 0.4) is 0 Å². The van der Waals surface area contributed by atoms with Crippen LogP contribution in [-0.4, -0.2) is 53.2 Å². The second-order valence-corrected chi connectivity index (χ2v) is 8.12. The molecule has 0 amide bonds. The molecule has 39 heavy (non-hydrogen) atoms. The number of anilines is 1. The predicted octanol–water partition coefficient (Wildman–Crippen LogP) is 4.49. The van der Waals surface area contributed by atoms with Gasteiger partial charge in [-0.3, -0.25) is 9.36 Å². The third kappa shape index (κ3) is 4.98. The molecule has 0 radical (unpaired) electrons. The van der Waals surface area contributed by atoms with Gasteiger partial charge in [0.25, 0.3) is 5.56 Å². The van der Waals surface area contributed by atoms with Crippen LogP contribution in [0.15, 0.2) is 53.3 Å². The van der Waals surface area contributed by atoms with Gasteiger partial charge >= 0.3 is 5.97 Å². The van der Waals surface area contributed by atoms with Gasteiger partial charge in [0, 0.05) is 16.6 Å². The summed E-state index contributed by atoms with van der Waals surface area (Å²) in [4.78, 5) is 27.5. The average molecular weight is 557 g/mol. The molecule has 4 rings (SSSR count). The fraction of sp³-hybridized carbons (Fsp3) is 0.214. The van der Waals surface area contributed by atoms with Gasteiger partial charge in [-0.15, -0.1) is 12.4 Å². The fourth-order valence-electron chi connectivity index (χ4n) is 4.44. The normalized spacial score (nSPS) is 10.4. The smallest absolute Gasteiger partial charge is 0.355 e. The Labute approximate surface area is 231 Å². The summed E-state index contributed by atoms with van der Waals surface area (Å²) in [5, 5.41) is 0.684. The van der Waals surface area contributed by atoms with E-state index in [2.05, 4.69) is 0 Å². The van der Waals surface area contributed by atoms with Crippen molar-refractivity contribution in [2.75, 3.05) is 48.4 Å². The lowest BCUT2D eigenvalue weighted by molar-refractivity contribution is 0.0591. The Hall–Kier alpha value is -4.57. The van der Waals surface area contributed by atoms with Crippen LogP contribution >= 0.6 is 12.4 Å². The van der Waals surface area contributed by atoms with Gasteiger partial charge in [0.1, 0.15) is 5.69 Å². The van der Waals surface area contributed by atoms with E-state index in [1.807, 2.05) is 0 Å². The molecule has 3 aromatic carbocycles. The summed E-state index contributed by atoms with van der Waals surface area (Å²) in [6.45, 7) is 0. The molecular weight excluding hydrogens is 528 g/mol. The molecule has 4 aromatic rings. The standard InChI is InChI=1S/C28H28N2O8.ClH/c1-33-20-13-18-19(14-21(20)34-2)27(31)30(17-9-7-8-16(29)12-17)25(28(32)38-6)24(18)15-10-22(35-3)26(37-5)23(11-15)36-4;/h7-14H,29H2,1-6H3;1H. The Morgan fingerprint density at radius 1 is 0.744 bits per heavy atom. The number of hydrogen-bond donors (Lipinski definition) is 1. The van der Waals surface area contributed by atoms with Gasteiger partial charge in [-0.25, -0.2) is 4.79 Å².